The van der Waals surface area contributed by atoms with Crippen LogP contribution in [0.2, 0.25) is 0 Å². The number of fused-ring (bicyclic) bond motifs is 20. The van der Waals surface area contributed by atoms with Crippen LogP contribution in [0.4, 0.5) is 28.4 Å². The number of hydrogen-bond acceptors (Lipinski definition) is 5. The molecule has 77 heavy (non-hydrogen) atoms. The second-order valence-electron chi connectivity index (χ2n) is 20.7. The zero-order valence-corrected chi connectivity index (χ0v) is 42.4. The Kier molecular flexibility index (Phi) is 9.09. The Morgan fingerprint density at radius 2 is 0.740 bits per heavy atom. The van der Waals surface area contributed by atoms with E-state index in [0.29, 0.717) is 0 Å². The number of para-hydroxylation sites is 2. The lowest BCUT2D eigenvalue weighted by molar-refractivity contribution is 0.668. The number of thiophene rings is 1. The van der Waals surface area contributed by atoms with Crippen LogP contribution in [0.5, 0.6) is 0 Å². The van der Waals surface area contributed by atoms with E-state index < -0.39 is 0 Å². The molecule has 4 nitrogen and oxygen atoms in total. The largest absolute Gasteiger partial charge is 0.456 e. The summed E-state index contributed by atoms with van der Waals surface area (Å²) >= 11 is 1.94. The number of aryl methyl sites for hydroxylation is 1. The first-order chi connectivity index (χ1) is 38.1. The van der Waals surface area contributed by atoms with Gasteiger partial charge in [0.2, 0.25) is 0 Å². The third-order valence-corrected chi connectivity index (χ3v) is 17.7. The van der Waals surface area contributed by atoms with Gasteiger partial charge in [-0.15, -0.1) is 11.3 Å². The predicted octanol–water partition coefficient (Wildman–Crippen LogP) is 21.2. The molecule has 0 unspecified atom stereocenters. The topological polar surface area (TPSA) is 32.8 Å². The maximum Gasteiger partial charge on any atom is 0.135 e. The quantitative estimate of drug-likeness (QED) is 0.155. The number of anilines is 5. The average Bonchev–Trinajstić information content (AvgIpc) is 4.23. The normalized spacial score (nSPS) is 12.9. The van der Waals surface area contributed by atoms with Crippen molar-refractivity contribution in [3.63, 3.8) is 0 Å². The summed E-state index contributed by atoms with van der Waals surface area (Å²) in [6.07, 6.45) is 4.28. The van der Waals surface area contributed by atoms with Crippen LogP contribution in [-0.4, -0.2) is 0 Å². The molecule has 17 rings (SSSR count). The zero-order valence-electron chi connectivity index (χ0n) is 41.6. The van der Waals surface area contributed by atoms with Gasteiger partial charge in [-0.1, -0.05) is 152 Å². The van der Waals surface area contributed by atoms with E-state index >= 15 is 0 Å². The van der Waals surface area contributed by atoms with Crippen LogP contribution in [-0.2, 0) is 6.42 Å². The number of rotatable bonds is 6. The van der Waals surface area contributed by atoms with Crippen molar-refractivity contribution in [3.8, 4) is 0 Å². The fourth-order valence-electron chi connectivity index (χ4n) is 12.9. The fraction of sp³-hybridized carbons (Fsp3) is 0.0278. The molecule has 0 fully saturated rings. The Hall–Kier alpha value is -9.68. The number of nitrogens with zero attached hydrogens (tertiary/aromatic N) is 2. The highest BCUT2D eigenvalue weighted by atomic mass is 32.1. The Labute approximate surface area is 446 Å². The van der Waals surface area contributed by atoms with Crippen LogP contribution in [0.3, 0.4) is 0 Å². The molecule has 3 heterocycles. The van der Waals surface area contributed by atoms with Crippen molar-refractivity contribution in [3.05, 3.63) is 253 Å². The molecule has 3 aromatic heterocycles. The first-order valence-electron chi connectivity index (χ1n) is 26.5. The summed E-state index contributed by atoms with van der Waals surface area (Å²) in [5.41, 5.74) is 13.1. The van der Waals surface area contributed by atoms with Crippen molar-refractivity contribution in [2.45, 2.75) is 12.8 Å². The Morgan fingerprint density at radius 3 is 1.34 bits per heavy atom. The molecule has 1 aliphatic rings. The van der Waals surface area contributed by atoms with E-state index in [1.54, 1.807) is 0 Å². The molecule has 16 aromatic rings. The van der Waals surface area contributed by atoms with E-state index in [2.05, 4.69) is 240 Å². The highest BCUT2D eigenvalue weighted by Gasteiger charge is 2.27. The van der Waals surface area contributed by atoms with Gasteiger partial charge in [0.15, 0.2) is 0 Å². The lowest BCUT2D eigenvalue weighted by atomic mass is 9.87. The van der Waals surface area contributed by atoms with Gasteiger partial charge < -0.3 is 18.6 Å². The van der Waals surface area contributed by atoms with Crippen molar-refractivity contribution < 1.29 is 8.83 Å². The molecule has 0 saturated carbocycles. The third-order valence-electron chi connectivity index (χ3n) is 16.5. The van der Waals surface area contributed by atoms with E-state index in [1.165, 1.54) is 90.9 Å². The first kappa shape index (κ1) is 42.7. The van der Waals surface area contributed by atoms with Gasteiger partial charge in [0, 0.05) is 75.9 Å². The van der Waals surface area contributed by atoms with E-state index in [1.807, 2.05) is 23.5 Å². The monoisotopic (exact) mass is 1000 g/mol. The molecule has 5 heteroatoms. The molecule has 1 aliphatic carbocycles. The second-order valence-corrected chi connectivity index (χ2v) is 21.7. The molecule has 0 bridgehead atoms. The molecule has 0 aliphatic heterocycles. The Bertz CT molecular complexity index is 5210. The van der Waals surface area contributed by atoms with Gasteiger partial charge in [-0.05, 0) is 169 Å². The van der Waals surface area contributed by atoms with Crippen molar-refractivity contribution in [1.29, 1.82) is 0 Å². The number of benzene rings is 13. The van der Waals surface area contributed by atoms with Crippen LogP contribution in [0, 0.1) is 0 Å². The van der Waals surface area contributed by atoms with Crippen LogP contribution in [0.25, 0.3) is 124 Å². The van der Waals surface area contributed by atoms with Gasteiger partial charge in [0.05, 0.1) is 0 Å². The molecule has 0 radical (unpaired) electrons. The lowest BCUT2D eigenvalue weighted by Crippen LogP contribution is -2.19. The molecule has 0 saturated heterocycles. The van der Waals surface area contributed by atoms with Gasteiger partial charge in [0.1, 0.15) is 22.3 Å². The third kappa shape index (κ3) is 6.51. The summed E-state index contributed by atoms with van der Waals surface area (Å²) in [7, 11) is 0. The molecular formula is C72H44N2O2S. The minimum atomic E-state index is 0.868. The second kappa shape index (κ2) is 16.4. The van der Waals surface area contributed by atoms with Gasteiger partial charge >= 0.3 is 0 Å². The Morgan fingerprint density at radius 1 is 0.312 bits per heavy atom. The summed E-state index contributed by atoms with van der Waals surface area (Å²) in [6, 6.07) is 86.6. The zero-order chi connectivity index (χ0) is 50.3. The summed E-state index contributed by atoms with van der Waals surface area (Å²) in [5, 5.41) is 19.6. The maximum absolute atomic E-state index is 6.39. The SMILES string of the molecule is C1=C(N(c2ccc3ccc4ccccc4c3c2)c2ccc3oc4ccccc4c3c2)CCc2c1c1ccccc1c1c2sc2cc(N(c3ccc4ccc5ccccc5c4c3)c3ccc4oc5ccccc5c4c3)ccc21. The minimum Gasteiger partial charge on any atom is -0.456 e. The van der Waals surface area contributed by atoms with Gasteiger partial charge in [-0.2, -0.15) is 0 Å². The summed E-state index contributed by atoms with van der Waals surface area (Å²) < 4.78 is 15.4. The molecule has 0 atom stereocenters. The Balaban J connectivity index is 0.860. The fourth-order valence-corrected chi connectivity index (χ4v) is 14.2. The first-order valence-corrected chi connectivity index (χ1v) is 27.3. The van der Waals surface area contributed by atoms with Crippen LogP contribution in [0.15, 0.2) is 251 Å². The number of allylic oxidation sites excluding steroid dienone is 1. The molecule has 0 amide bonds. The van der Waals surface area contributed by atoms with Crippen LogP contribution in [0.1, 0.15) is 17.5 Å². The number of hydrogen-bond donors (Lipinski definition) is 0. The molecule has 0 N–H and O–H groups in total. The average molecular weight is 1000 g/mol. The minimum absolute atomic E-state index is 0.868. The van der Waals surface area contributed by atoms with E-state index in [0.717, 1.165) is 85.2 Å². The molecule has 13 aromatic carbocycles. The van der Waals surface area contributed by atoms with Crippen LogP contribution >= 0.6 is 11.3 Å². The summed E-state index contributed by atoms with van der Waals surface area (Å²) in [6.45, 7) is 0. The molecule has 360 valence electrons. The lowest BCUT2D eigenvalue weighted by Gasteiger charge is -2.31. The smallest absolute Gasteiger partial charge is 0.135 e. The summed E-state index contributed by atoms with van der Waals surface area (Å²) in [4.78, 5) is 4.94. The van der Waals surface area contributed by atoms with Gasteiger partial charge in [0.25, 0.3) is 0 Å². The van der Waals surface area contributed by atoms with Crippen molar-refractivity contribution in [2.75, 3.05) is 9.80 Å². The predicted molar refractivity (Wildman–Crippen MR) is 327 cm³/mol. The van der Waals surface area contributed by atoms with Gasteiger partial charge in [-0.25, -0.2) is 0 Å². The molecular weight excluding hydrogens is 957 g/mol. The highest BCUT2D eigenvalue weighted by Crippen LogP contribution is 2.50. The highest BCUT2D eigenvalue weighted by molar-refractivity contribution is 7.26. The molecule has 0 spiro atoms. The number of furan rings is 2. The van der Waals surface area contributed by atoms with Crippen molar-refractivity contribution in [2.24, 2.45) is 0 Å². The standard InChI is InChI=1S/C72H44N2O2S/c1-3-13-53-43(11-1)21-23-45-25-27-47(37-61(45)53)73(50-31-35-68-64(40-50)56-16-7-9-19-66(56)75-68)49-29-33-59-63(39-49)55-15-5-6-18-58(55)71-60-34-30-52(42-70(60)77-72(59)71)74(51-32-36-69-65(41-51)57-17-8-10-20-67(57)76-69)48-28-26-46-24-22-44-12-2-4-14-54(44)62(46)38-48/h1-28,30-32,34-42H,29,33H2. The van der Waals surface area contributed by atoms with E-state index in [9.17, 15) is 0 Å². The van der Waals surface area contributed by atoms with Crippen molar-refractivity contribution in [1.82, 2.24) is 0 Å². The van der Waals surface area contributed by atoms with E-state index in [-0.39, 0.29) is 0 Å². The maximum atomic E-state index is 6.39. The van der Waals surface area contributed by atoms with Crippen LogP contribution < -0.4 is 9.80 Å². The summed E-state index contributed by atoms with van der Waals surface area (Å²) in [5.74, 6) is 0. The van der Waals surface area contributed by atoms with Gasteiger partial charge in [-0.3, -0.25) is 0 Å². The van der Waals surface area contributed by atoms with E-state index in [4.69, 9.17) is 8.83 Å². The van der Waals surface area contributed by atoms with Crippen molar-refractivity contribution >= 4 is 164 Å².